The average Bonchev–Trinajstić information content (AvgIpc) is 3.80. The zero-order valence-electron chi connectivity index (χ0n) is 29.5. The molecule has 0 aliphatic carbocycles. The number of rotatable bonds is 7. The van der Waals surface area contributed by atoms with Crippen LogP contribution in [0.3, 0.4) is 0 Å². The van der Waals surface area contributed by atoms with E-state index in [0.29, 0.717) is 0 Å². The van der Waals surface area contributed by atoms with Crippen LogP contribution in [0, 0.1) is 18.8 Å². The maximum absolute atomic E-state index is 4.90. The van der Waals surface area contributed by atoms with E-state index in [0.717, 1.165) is 83.8 Å². The third-order valence-corrected chi connectivity index (χ3v) is 9.96. The van der Waals surface area contributed by atoms with Crippen molar-refractivity contribution < 1.29 is 21.1 Å². The van der Waals surface area contributed by atoms with Crippen LogP contribution in [-0.2, 0) is 21.1 Å². The van der Waals surface area contributed by atoms with Crippen LogP contribution < -0.4 is 9.80 Å². The number of nitrogens with zero attached hydrogens (tertiary/aromatic N) is 5. The Balaban J connectivity index is 0.00000397. The SMILES string of the molecule is [Pt].[c-]1c(C(=C(c2ccccc2)c2ccccc2)c2[c-]c3c(cc2)c2ccccc2n3-c2ccccn2)cncc1N1[CH-]N(c2ccccc2)c2ccccc21. The molecule has 10 rings (SSSR count). The summed E-state index contributed by atoms with van der Waals surface area (Å²) in [6.45, 7) is 2.12. The van der Waals surface area contributed by atoms with Crippen molar-refractivity contribution in [3.63, 3.8) is 0 Å². The Morgan fingerprint density at radius 1 is 0.509 bits per heavy atom. The summed E-state index contributed by atoms with van der Waals surface area (Å²) in [5, 5.41) is 2.26. The average molecular weight is 886 g/mol. The van der Waals surface area contributed by atoms with E-state index in [2.05, 4.69) is 179 Å². The maximum Gasteiger partial charge on any atom is 0.136 e. The van der Waals surface area contributed by atoms with E-state index in [1.54, 1.807) is 0 Å². The minimum absolute atomic E-state index is 0. The van der Waals surface area contributed by atoms with Crippen molar-refractivity contribution >= 4 is 55.7 Å². The van der Waals surface area contributed by atoms with Gasteiger partial charge in [-0.3, -0.25) is 0 Å². The molecule has 0 spiro atoms. The second-order valence-electron chi connectivity index (χ2n) is 13.2. The molecule has 3 aromatic heterocycles. The molecule has 0 saturated carbocycles. The predicted octanol–water partition coefficient (Wildman–Crippen LogP) is 11.6. The van der Waals surface area contributed by atoms with Crippen LogP contribution in [0.2, 0.25) is 0 Å². The van der Waals surface area contributed by atoms with E-state index in [-0.39, 0.29) is 21.1 Å². The summed E-state index contributed by atoms with van der Waals surface area (Å²) < 4.78 is 2.21. The van der Waals surface area contributed by atoms with Crippen molar-refractivity contribution in [2.75, 3.05) is 9.80 Å². The van der Waals surface area contributed by atoms with E-state index < -0.39 is 0 Å². The molecule has 0 bridgehead atoms. The van der Waals surface area contributed by atoms with E-state index in [9.17, 15) is 0 Å². The van der Waals surface area contributed by atoms with Crippen molar-refractivity contribution in [2.45, 2.75) is 0 Å². The van der Waals surface area contributed by atoms with Gasteiger partial charge in [0.25, 0.3) is 0 Å². The molecule has 1 aliphatic rings. The quantitative estimate of drug-likeness (QED) is 0.118. The summed E-state index contributed by atoms with van der Waals surface area (Å²) in [6.07, 6.45) is 5.65. The Kier molecular flexibility index (Phi) is 9.15. The van der Waals surface area contributed by atoms with Gasteiger partial charge < -0.3 is 19.4 Å². The van der Waals surface area contributed by atoms with Gasteiger partial charge in [-0.25, -0.2) is 4.98 Å². The maximum atomic E-state index is 4.90. The van der Waals surface area contributed by atoms with Crippen molar-refractivity contribution in [1.29, 1.82) is 0 Å². The third kappa shape index (κ3) is 6.13. The predicted molar refractivity (Wildman–Crippen MR) is 220 cm³/mol. The van der Waals surface area contributed by atoms with Crippen LogP contribution >= 0.6 is 0 Å². The van der Waals surface area contributed by atoms with E-state index in [1.165, 1.54) is 0 Å². The fraction of sp³-hybridized carbons (Fsp3) is 0. The molecule has 0 fully saturated rings. The molecular formula is C49H32N5Pt-3. The van der Waals surface area contributed by atoms with Crippen LogP contribution in [0.1, 0.15) is 22.3 Å². The molecule has 6 heteroatoms. The summed E-state index contributed by atoms with van der Waals surface area (Å²) in [6, 6.07) is 66.7. The number of pyridine rings is 2. The first kappa shape index (κ1) is 34.2. The van der Waals surface area contributed by atoms with Crippen LogP contribution in [0.25, 0.3) is 38.8 Å². The fourth-order valence-electron chi connectivity index (χ4n) is 7.57. The van der Waals surface area contributed by atoms with Gasteiger partial charge in [-0.05, 0) is 76.3 Å². The normalized spacial score (nSPS) is 12.1. The van der Waals surface area contributed by atoms with Crippen LogP contribution in [0.5, 0.6) is 0 Å². The first-order valence-electron chi connectivity index (χ1n) is 18.0. The van der Waals surface area contributed by atoms with Crippen LogP contribution in [0.4, 0.5) is 22.7 Å². The number of anilines is 4. The molecule has 55 heavy (non-hydrogen) atoms. The monoisotopic (exact) mass is 885 g/mol. The van der Waals surface area contributed by atoms with E-state index in [1.807, 2.05) is 42.9 Å². The molecule has 0 radical (unpaired) electrons. The van der Waals surface area contributed by atoms with E-state index in [4.69, 9.17) is 9.97 Å². The third-order valence-electron chi connectivity index (χ3n) is 9.96. The van der Waals surface area contributed by atoms with E-state index >= 15 is 0 Å². The van der Waals surface area contributed by atoms with Gasteiger partial charge in [0.2, 0.25) is 0 Å². The standard InChI is InChI=1S/C49H32N5.Pt/c1-4-16-35(17-5-1)48(36-18-6-2-7-19-36)49(37-27-28-42-41-22-10-11-23-43(41)54(46(42)31-37)47-26-14-15-29-51-47)38-30-40(33-50-32-38)53-34-52(39-20-8-3-9-21-39)44-24-12-13-25-45(44)53;/h1-29,32-34H;/q-3;. The summed E-state index contributed by atoms with van der Waals surface area (Å²) in [5.41, 5.74) is 12.1. The molecular weight excluding hydrogens is 854 g/mol. The number of fused-ring (bicyclic) bond motifs is 4. The van der Waals surface area contributed by atoms with Crippen molar-refractivity contribution in [2.24, 2.45) is 0 Å². The van der Waals surface area contributed by atoms with Crippen LogP contribution in [0.15, 0.2) is 188 Å². The number of hydrogen-bond donors (Lipinski definition) is 0. The molecule has 4 heterocycles. The molecule has 266 valence electrons. The first-order valence-corrected chi connectivity index (χ1v) is 18.0. The van der Waals surface area contributed by atoms with Crippen molar-refractivity contribution in [1.82, 2.24) is 14.5 Å². The van der Waals surface area contributed by atoms with Gasteiger partial charge in [0.05, 0.1) is 0 Å². The molecule has 0 amide bonds. The zero-order chi connectivity index (χ0) is 35.8. The molecule has 0 atom stereocenters. The second kappa shape index (κ2) is 14.7. The molecule has 0 N–H and O–H groups in total. The Morgan fingerprint density at radius 2 is 1.15 bits per heavy atom. The Morgan fingerprint density at radius 3 is 1.85 bits per heavy atom. The topological polar surface area (TPSA) is 37.2 Å². The summed E-state index contributed by atoms with van der Waals surface area (Å²) in [4.78, 5) is 14.1. The molecule has 6 aromatic carbocycles. The van der Waals surface area contributed by atoms with Gasteiger partial charge in [-0.2, -0.15) is 0 Å². The Labute approximate surface area is 334 Å². The molecule has 5 nitrogen and oxygen atoms in total. The number of para-hydroxylation sites is 4. The molecule has 1 aliphatic heterocycles. The van der Waals surface area contributed by atoms with Gasteiger partial charge in [0.15, 0.2) is 0 Å². The fourth-order valence-corrected chi connectivity index (χ4v) is 7.57. The Bertz CT molecular complexity index is 2760. The second-order valence-corrected chi connectivity index (χ2v) is 13.2. The first-order chi connectivity index (χ1) is 26.8. The minimum Gasteiger partial charge on any atom is -0.487 e. The summed E-state index contributed by atoms with van der Waals surface area (Å²) >= 11 is 0. The Hall–Kier alpha value is -6.55. The zero-order valence-corrected chi connectivity index (χ0v) is 31.8. The van der Waals surface area contributed by atoms with Crippen LogP contribution in [-0.4, -0.2) is 14.5 Å². The number of hydrogen-bond acceptors (Lipinski definition) is 4. The minimum atomic E-state index is 0. The smallest absolute Gasteiger partial charge is 0.136 e. The van der Waals surface area contributed by atoms with Gasteiger partial charge in [0.1, 0.15) is 5.82 Å². The van der Waals surface area contributed by atoms with Gasteiger partial charge >= 0.3 is 0 Å². The molecule has 0 saturated heterocycles. The van der Waals surface area contributed by atoms with Crippen molar-refractivity contribution in [3.8, 4) is 5.82 Å². The summed E-state index contributed by atoms with van der Waals surface area (Å²) in [7, 11) is 0. The number of aromatic nitrogens is 3. The summed E-state index contributed by atoms with van der Waals surface area (Å²) in [5.74, 6) is 0.843. The molecule has 9 aromatic rings. The molecule has 0 unspecified atom stereocenters. The number of benzene rings is 6. The largest absolute Gasteiger partial charge is 0.487 e. The van der Waals surface area contributed by atoms with Gasteiger partial charge in [-0.1, -0.05) is 133 Å². The van der Waals surface area contributed by atoms with Crippen molar-refractivity contribution in [3.05, 3.63) is 230 Å². The van der Waals surface area contributed by atoms with Gasteiger partial charge in [0, 0.05) is 49.8 Å². The van der Waals surface area contributed by atoms with Gasteiger partial charge in [-0.15, -0.1) is 47.6 Å².